The van der Waals surface area contributed by atoms with E-state index in [1.54, 1.807) is 0 Å². The number of anilines is 1. The topological polar surface area (TPSA) is 42.7 Å². The van der Waals surface area contributed by atoms with Crippen LogP contribution < -0.4 is 5.32 Å². The second-order valence-electron chi connectivity index (χ2n) is 4.76. The molecule has 0 radical (unpaired) electrons. The zero-order chi connectivity index (χ0) is 13.9. The van der Waals surface area contributed by atoms with E-state index in [9.17, 15) is 0 Å². The van der Waals surface area contributed by atoms with Crippen molar-refractivity contribution in [3.05, 3.63) is 42.6 Å². The van der Waals surface area contributed by atoms with Crippen LogP contribution in [0.5, 0.6) is 0 Å². The molecule has 4 heteroatoms. The van der Waals surface area contributed by atoms with Gasteiger partial charge in [0.1, 0.15) is 11.3 Å². The van der Waals surface area contributed by atoms with Crippen LogP contribution in [0.25, 0.3) is 22.6 Å². The second-order valence-corrected chi connectivity index (χ2v) is 4.76. The van der Waals surface area contributed by atoms with Gasteiger partial charge in [0, 0.05) is 31.0 Å². The van der Waals surface area contributed by atoms with Crippen LogP contribution in [0.3, 0.4) is 0 Å². The molecule has 0 bridgehead atoms. The fourth-order valence-electron chi connectivity index (χ4n) is 2.40. The van der Waals surface area contributed by atoms with Gasteiger partial charge in [-0.05, 0) is 42.8 Å². The van der Waals surface area contributed by atoms with Gasteiger partial charge in [0.2, 0.25) is 0 Å². The number of aryl methyl sites for hydroxylation is 1. The number of hydrogen-bond acceptors (Lipinski definition) is 3. The van der Waals surface area contributed by atoms with Gasteiger partial charge >= 0.3 is 0 Å². The van der Waals surface area contributed by atoms with Gasteiger partial charge in [-0.2, -0.15) is 0 Å². The molecule has 20 heavy (non-hydrogen) atoms. The standard InChI is InChI=1S/C16H18N4/c1-3-11-20-15(12-6-8-13(17-2)9-7-12)19-14-5-4-10-18-16(14)20/h4-10,17H,3,11H2,1-2H3. The van der Waals surface area contributed by atoms with E-state index < -0.39 is 0 Å². The number of nitrogens with zero attached hydrogens (tertiary/aromatic N) is 3. The fraction of sp³-hybridized carbons (Fsp3) is 0.250. The molecule has 0 spiro atoms. The Morgan fingerprint density at radius 3 is 2.65 bits per heavy atom. The van der Waals surface area contributed by atoms with Gasteiger partial charge in [-0.25, -0.2) is 9.97 Å². The third-order valence-corrected chi connectivity index (χ3v) is 3.38. The summed E-state index contributed by atoms with van der Waals surface area (Å²) in [5.74, 6) is 0.989. The smallest absolute Gasteiger partial charge is 0.160 e. The summed E-state index contributed by atoms with van der Waals surface area (Å²) < 4.78 is 2.20. The van der Waals surface area contributed by atoms with Crippen LogP contribution in [-0.2, 0) is 6.54 Å². The first-order valence-electron chi connectivity index (χ1n) is 6.93. The summed E-state index contributed by atoms with van der Waals surface area (Å²) in [5, 5.41) is 3.13. The highest BCUT2D eigenvalue weighted by Crippen LogP contribution is 2.25. The molecule has 0 unspecified atom stereocenters. The monoisotopic (exact) mass is 266 g/mol. The number of aromatic nitrogens is 3. The predicted molar refractivity (Wildman–Crippen MR) is 82.8 cm³/mol. The molecule has 2 aromatic heterocycles. The lowest BCUT2D eigenvalue weighted by atomic mass is 10.2. The van der Waals surface area contributed by atoms with Gasteiger partial charge in [0.05, 0.1) is 0 Å². The third kappa shape index (κ3) is 2.13. The van der Waals surface area contributed by atoms with Crippen molar-refractivity contribution in [3.8, 4) is 11.4 Å². The number of benzene rings is 1. The lowest BCUT2D eigenvalue weighted by Crippen LogP contribution is -2.00. The van der Waals surface area contributed by atoms with Crippen LogP contribution in [0.2, 0.25) is 0 Å². The SMILES string of the molecule is CCCn1c(-c2ccc(NC)cc2)nc2cccnc21. The van der Waals surface area contributed by atoms with Crippen molar-refractivity contribution in [2.24, 2.45) is 0 Å². The number of imidazole rings is 1. The second kappa shape index (κ2) is 5.33. The molecule has 0 aliphatic carbocycles. The summed E-state index contributed by atoms with van der Waals surface area (Å²) in [6.45, 7) is 3.10. The molecular formula is C16H18N4. The number of fused-ring (bicyclic) bond motifs is 1. The Morgan fingerprint density at radius 2 is 1.95 bits per heavy atom. The van der Waals surface area contributed by atoms with Crippen molar-refractivity contribution in [1.82, 2.24) is 14.5 Å². The highest BCUT2D eigenvalue weighted by atomic mass is 15.1. The number of pyridine rings is 1. The molecule has 3 aromatic rings. The van der Waals surface area contributed by atoms with E-state index in [-0.39, 0.29) is 0 Å². The molecular weight excluding hydrogens is 248 g/mol. The molecule has 0 amide bonds. The highest BCUT2D eigenvalue weighted by Gasteiger charge is 2.12. The summed E-state index contributed by atoms with van der Waals surface area (Å²) >= 11 is 0. The molecule has 1 N–H and O–H groups in total. The van der Waals surface area contributed by atoms with Crippen molar-refractivity contribution >= 4 is 16.9 Å². The first kappa shape index (κ1) is 12.7. The zero-order valence-electron chi connectivity index (χ0n) is 11.8. The van der Waals surface area contributed by atoms with Crippen LogP contribution >= 0.6 is 0 Å². The van der Waals surface area contributed by atoms with Gasteiger partial charge < -0.3 is 9.88 Å². The number of rotatable bonds is 4. The minimum absolute atomic E-state index is 0.927. The van der Waals surface area contributed by atoms with Crippen LogP contribution in [0.1, 0.15) is 13.3 Å². The van der Waals surface area contributed by atoms with Gasteiger partial charge in [-0.1, -0.05) is 6.92 Å². The maximum absolute atomic E-state index is 4.74. The Morgan fingerprint density at radius 1 is 1.15 bits per heavy atom. The Kier molecular flexibility index (Phi) is 3.37. The van der Waals surface area contributed by atoms with Gasteiger partial charge in [0.25, 0.3) is 0 Å². The summed E-state index contributed by atoms with van der Waals surface area (Å²) in [6.07, 6.45) is 2.88. The number of nitrogens with one attached hydrogen (secondary N) is 1. The third-order valence-electron chi connectivity index (χ3n) is 3.38. The molecule has 3 rings (SSSR count). The Labute approximate surface area is 118 Å². The van der Waals surface area contributed by atoms with Gasteiger partial charge in [-0.15, -0.1) is 0 Å². The molecule has 0 aliphatic heterocycles. The lowest BCUT2D eigenvalue weighted by Gasteiger charge is -2.07. The minimum Gasteiger partial charge on any atom is -0.388 e. The van der Waals surface area contributed by atoms with E-state index in [2.05, 4.69) is 46.1 Å². The van der Waals surface area contributed by atoms with Crippen molar-refractivity contribution < 1.29 is 0 Å². The van der Waals surface area contributed by atoms with Crippen LogP contribution in [0, 0.1) is 0 Å². The quantitative estimate of drug-likeness (QED) is 0.785. The first-order chi connectivity index (χ1) is 9.83. The zero-order valence-corrected chi connectivity index (χ0v) is 11.8. The highest BCUT2D eigenvalue weighted by molar-refractivity contribution is 5.77. The maximum atomic E-state index is 4.74. The molecule has 2 heterocycles. The van der Waals surface area contributed by atoms with E-state index in [0.29, 0.717) is 0 Å². The van der Waals surface area contributed by atoms with Crippen molar-refractivity contribution in [3.63, 3.8) is 0 Å². The molecule has 0 aliphatic rings. The van der Waals surface area contributed by atoms with Crippen molar-refractivity contribution in [2.45, 2.75) is 19.9 Å². The molecule has 0 fully saturated rings. The molecule has 102 valence electrons. The van der Waals surface area contributed by atoms with E-state index in [0.717, 1.165) is 41.2 Å². The Bertz CT molecular complexity index is 713. The van der Waals surface area contributed by atoms with Gasteiger partial charge in [-0.3, -0.25) is 0 Å². The molecule has 0 saturated carbocycles. The van der Waals surface area contributed by atoms with Crippen LogP contribution in [0.15, 0.2) is 42.6 Å². The maximum Gasteiger partial charge on any atom is 0.160 e. The summed E-state index contributed by atoms with van der Waals surface area (Å²) in [5.41, 5.74) is 4.14. The minimum atomic E-state index is 0.927. The summed E-state index contributed by atoms with van der Waals surface area (Å²) in [7, 11) is 1.92. The summed E-state index contributed by atoms with van der Waals surface area (Å²) in [4.78, 5) is 9.20. The first-order valence-corrected chi connectivity index (χ1v) is 6.93. The molecule has 0 atom stereocenters. The molecule has 0 saturated heterocycles. The average molecular weight is 266 g/mol. The van der Waals surface area contributed by atoms with E-state index in [1.165, 1.54) is 0 Å². The fourth-order valence-corrected chi connectivity index (χ4v) is 2.40. The van der Waals surface area contributed by atoms with E-state index in [1.807, 2.05) is 25.4 Å². The van der Waals surface area contributed by atoms with Crippen molar-refractivity contribution in [2.75, 3.05) is 12.4 Å². The normalized spacial score (nSPS) is 10.9. The lowest BCUT2D eigenvalue weighted by molar-refractivity contribution is 0.698. The average Bonchev–Trinajstić information content (AvgIpc) is 2.87. The Hall–Kier alpha value is -2.36. The predicted octanol–water partition coefficient (Wildman–Crippen LogP) is 3.55. The van der Waals surface area contributed by atoms with E-state index in [4.69, 9.17) is 4.98 Å². The largest absolute Gasteiger partial charge is 0.388 e. The number of hydrogen-bond donors (Lipinski definition) is 1. The van der Waals surface area contributed by atoms with Crippen LogP contribution in [-0.4, -0.2) is 21.6 Å². The van der Waals surface area contributed by atoms with Gasteiger partial charge in [0.15, 0.2) is 5.65 Å². The van der Waals surface area contributed by atoms with Crippen molar-refractivity contribution in [1.29, 1.82) is 0 Å². The molecule has 1 aromatic carbocycles. The van der Waals surface area contributed by atoms with E-state index >= 15 is 0 Å². The summed E-state index contributed by atoms with van der Waals surface area (Å²) in [6, 6.07) is 12.3. The molecule has 4 nitrogen and oxygen atoms in total. The Balaban J connectivity index is 2.15. The van der Waals surface area contributed by atoms with Crippen LogP contribution in [0.4, 0.5) is 5.69 Å².